The molecule has 0 atom stereocenters. The van der Waals surface area contributed by atoms with Crippen LogP contribution in [-0.2, 0) is 22.7 Å². The minimum absolute atomic E-state index is 0.0770. The fourth-order valence-electron chi connectivity index (χ4n) is 4.45. The quantitative estimate of drug-likeness (QED) is 0.290. The van der Waals surface area contributed by atoms with Gasteiger partial charge in [0.15, 0.2) is 0 Å². The Morgan fingerprint density at radius 2 is 1.68 bits per heavy atom. The summed E-state index contributed by atoms with van der Waals surface area (Å²) in [6.45, 7) is 5.16. The lowest BCUT2D eigenvalue weighted by Crippen LogP contribution is -2.53. The van der Waals surface area contributed by atoms with Crippen LogP contribution in [0.1, 0.15) is 22.3 Å². The number of barbiturate groups is 1. The van der Waals surface area contributed by atoms with Crippen LogP contribution in [0.15, 0.2) is 84.6 Å². The van der Waals surface area contributed by atoms with Gasteiger partial charge < -0.3 is 9.30 Å². The molecule has 1 aromatic heterocycles. The topological polar surface area (TPSA) is 80.6 Å². The van der Waals surface area contributed by atoms with Crippen LogP contribution in [0, 0.1) is 13.8 Å². The normalized spacial score (nSPS) is 14.9. The predicted octanol–water partition coefficient (Wildman–Crippen LogP) is 5.00. The van der Waals surface area contributed by atoms with E-state index in [0.29, 0.717) is 13.2 Å². The molecule has 4 aromatic rings. The van der Waals surface area contributed by atoms with E-state index < -0.39 is 17.8 Å². The van der Waals surface area contributed by atoms with E-state index in [2.05, 4.69) is 11.4 Å². The number of urea groups is 1. The zero-order chi connectivity index (χ0) is 25.9. The predicted molar refractivity (Wildman–Crippen MR) is 142 cm³/mol. The van der Waals surface area contributed by atoms with Gasteiger partial charge in [0.1, 0.15) is 17.9 Å². The van der Waals surface area contributed by atoms with Crippen LogP contribution in [0.2, 0.25) is 0 Å². The summed E-state index contributed by atoms with van der Waals surface area (Å²) in [6, 6.07) is 22.4. The van der Waals surface area contributed by atoms with Crippen molar-refractivity contribution in [1.82, 2.24) is 14.8 Å². The number of aryl methyl sites for hydroxylation is 2. The highest BCUT2D eigenvalue weighted by Gasteiger charge is 2.35. The Labute approximate surface area is 215 Å². The minimum Gasteiger partial charge on any atom is -0.491 e. The van der Waals surface area contributed by atoms with Crippen LogP contribution < -0.4 is 10.1 Å². The maximum atomic E-state index is 13.2. The third kappa shape index (κ3) is 5.02. The average molecular weight is 494 g/mol. The second-order valence-electron chi connectivity index (χ2n) is 9.11. The van der Waals surface area contributed by atoms with Crippen LogP contribution in [0.4, 0.5) is 4.79 Å². The number of hydrogen-bond acceptors (Lipinski definition) is 4. The van der Waals surface area contributed by atoms with Gasteiger partial charge in [-0.3, -0.25) is 19.8 Å². The van der Waals surface area contributed by atoms with Crippen molar-refractivity contribution in [2.75, 3.05) is 6.61 Å². The molecule has 0 spiro atoms. The molecule has 1 fully saturated rings. The fraction of sp³-hybridized carbons (Fsp3) is 0.167. The maximum absolute atomic E-state index is 13.2. The fourth-order valence-corrected chi connectivity index (χ4v) is 4.45. The number of carbonyl (C=O) groups excluding carboxylic acids is 3. The van der Waals surface area contributed by atoms with Gasteiger partial charge in [0.25, 0.3) is 11.8 Å². The molecule has 0 bridgehead atoms. The smallest absolute Gasteiger partial charge is 0.331 e. The molecule has 0 radical (unpaired) electrons. The number of carbonyl (C=O) groups is 3. The summed E-state index contributed by atoms with van der Waals surface area (Å²) < 4.78 is 8.09. The summed E-state index contributed by atoms with van der Waals surface area (Å²) in [5, 5.41) is 3.20. The highest BCUT2D eigenvalue weighted by molar-refractivity contribution is 6.31. The van der Waals surface area contributed by atoms with Crippen molar-refractivity contribution >= 4 is 34.8 Å². The number of aromatic nitrogens is 1. The van der Waals surface area contributed by atoms with Crippen molar-refractivity contribution in [2.45, 2.75) is 26.9 Å². The van der Waals surface area contributed by atoms with Gasteiger partial charge in [0.2, 0.25) is 0 Å². The van der Waals surface area contributed by atoms with E-state index >= 15 is 0 Å². The van der Waals surface area contributed by atoms with Crippen LogP contribution in [0.3, 0.4) is 0 Å². The standard InChI is InChI=1S/C30H27N3O4/c1-20-12-13-21(2)27(16-20)37-15-14-32-19-23(24-10-6-7-11-26(24)32)17-25-28(34)31-30(36)33(29(25)35)18-22-8-4-3-5-9-22/h3-13,16-17,19H,14-15,18H2,1-2H3,(H,31,34,36)/b25-17+. The Kier molecular flexibility index (Phi) is 6.60. The first-order valence-electron chi connectivity index (χ1n) is 12.1. The maximum Gasteiger partial charge on any atom is 0.331 e. The summed E-state index contributed by atoms with van der Waals surface area (Å²) in [7, 11) is 0. The molecule has 1 aliphatic heterocycles. The molecular formula is C30H27N3O4. The monoisotopic (exact) mass is 493 g/mol. The van der Waals surface area contributed by atoms with E-state index in [-0.39, 0.29) is 12.1 Å². The molecular weight excluding hydrogens is 466 g/mol. The number of benzene rings is 3. The number of nitrogens with zero attached hydrogens (tertiary/aromatic N) is 2. The third-order valence-electron chi connectivity index (χ3n) is 6.42. The molecule has 37 heavy (non-hydrogen) atoms. The molecule has 7 nitrogen and oxygen atoms in total. The van der Waals surface area contributed by atoms with Crippen LogP contribution in [-0.4, -0.2) is 33.9 Å². The summed E-state index contributed by atoms with van der Waals surface area (Å²) >= 11 is 0. The first-order valence-corrected chi connectivity index (χ1v) is 12.1. The van der Waals surface area contributed by atoms with Crippen LogP contribution >= 0.6 is 0 Å². The van der Waals surface area contributed by atoms with Gasteiger partial charge in [-0.2, -0.15) is 0 Å². The molecule has 4 amide bonds. The summed E-state index contributed by atoms with van der Waals surface area (Å²) in [5.74, 6) is -0.464. The first-order chi connectivity index (χ1) is 17.9. The largest absolute Gasteiger partial charge is 0.491 e. The van der Waals surface area contributed by atoms with Gasteiger partial charge in [-0.1, -0.05) is 60.7 Å². The second kappa shape index (κ2) is 10.1. The lowest BCUT2D eigenvalue weighted by atomic mass is 10.1. The van der Waals surface area contributed by atoms with Gasteiger partial charge in [-0.15, -0.1) is 0 Å². The lowest BCUT2D eigenvalue weighted by Gasteiger charge is -2.26. The van der Waals surface area contributed by atoms with Crippen molar-refractivity contribution in [3.8, 4) is 5.75 Å². The Balaban J connectivity index is 1.41. The van der Waals surface area contributed by atoms with Gasteiger partial charge in [0, 0.05) is 22.7 Å². The van der Waals surface area contributed by atoms with Gasteiger partial charge in [-0.25, -0.2) is 4.79 Å². The van der Waals surface area contributed by atoms with E-state index in [4.69, 9.17) is 4.74 Å². The van der Waals surface area contributed by atoms with Crippen molar-refractivity contribution in [2.24, 2.45) is 0 Å². The van der Waals surface area contributed by atoms with Crippen molar-refractivity contribution in [3.05, 3.63) is 107 Å². The molecule has 0 saturated carbocycles. The second-order valence-corrected chi connectivity index (χ2v) is 9.11. The van der Waals surface area contributed by atoms with E-state index in [9.17, 15) is 14.4 Å². The molecule has 1 saturated heterocycles. The Hall–Kier alpha value is -4.65. The Morgan fingerprint density at radius 3 is 2.49 bits per heavy atom. The lowest BCUT2D eigenvalue weighted by molar-refractivity contribution is -0.130. The van der Waals surface area contributed by atoms with E-state index in [1.54, 1.807) is 6.08 Å². The molecule has 0 unspecified atom stereocenters. The Bertz CT molecular complexity index is 1540. The SMILES string of the molecule is Cc1ccc(C)c(OCCn2cc(/C=C3\C(=O)NC(=O)N(Cc4ccccc4)C3=O)c3ccccc32)c1. The molecule has 2 heterocycles. The number of ether oxygens (including phenoxy) is 1. The van der Waals surface area contributed by atoms with E-state index in [0.717, 1.165) is 43.8 Å². The minimum atomic E-state index is -0.720. The van der Waals surface area contributed by atoms with E-state index in [1.807, 2.05) is 91.3 Å². The van der Waals surface area contributed by atoms with Crippen molar-refractivity contribution in [3.63, 3.8) is 0 Å². The molecule has 186 valence electrons. The summed E-state index contributed by atoms with van der Waals surface area (Å²) in [5.41, 5.74) is 4.60. The molecule has 7 heteroatoms. The Morgan fingerprint density at radius 1 is 0.919 bits per heavy atom. The summed E-state index contributed by atoms with van der Waals surface area (Å²) in [6.07, 6.45) is 3.47. The van der Waals surface area contributed by atoms with Crippen LogP contribution in [0.25, 0.3) is 17.0 Å². The molecule has 5 rings (SSSR count). The van der Waals surface area contributed by atoms with Gasteiger partial charge >= 0.3 is 6.03 Å². The average Bonchev–Trinajstić information content (AvgIpc) is 3.24. The van der Waals surface area contributed by atoms with Crippen molar-refractivity contribution < 1.29 is 19.1 Å². The van der Waals surface area contributed by atoms with Gasteiger partial charge in [-0.05, 0) is 48.7 Å². The zero-order valence-electron chi connectivity index (χ0n) is 20.7. The first kappa shape index (κ1) is 24.1. The number of rotatable bonds is 7. The number of para-hydroxylation sites is 1. The molecule has 1 N–H and O–H groups in total. The number of fused-ring (bicyclic) bond motifs is 1. The number of hydrogen-bond donors (Lipinski definition) is 1. The molecule has 3 aromatic carbocycles. The highest BCUT2D eigenvalue weighted by Crippen LogP contribution is 2.26. The number of nitrogens with one attached hydrogen (secondary N) is 1. The number of imide groups is 2. The highest BCUT2D eigenvalue weighted by atomic mass is 16.5. The number of amides is 4. The molecule has 1 aliphatic rings. The van der Waals surface area contributed by atoms with Crippen LogP contribution in [0.5, 0.6) is 5.75 Å². The van der Waals surface area contributed by atoms with Gasteiger partial charge in [0.05, 0.1) is 13.1 Å². The molecule has 0 aliphatic carbocycles. The third-order valence-corrected chi connectivity index (χ3v) is 6.42. The zero-order valence-corrected chi connectivity index (χ0v) is 20.7. The summed E-state index contributed by atoms with van der Waals surface area (Å²) in [4.78, 5) is 39.4. The van der Waals surface area contributed by atoms with E-state index in [1.165, 1.54) is 0 Å². The van der Waals surface area contributed by atoms with Crippen molar-refractivity contribution in [1.29, 1.82) is 0 Å².